The molecule has 1 aliphatic rings. The fraction of sp³-hybridized carbons (Fsp3) is 0.600. The lowest BCUT2D eigenvalue weighted by Gasteiger charge is -2.37. The average Bonchev–Trinajstić information content (AvgIpc) is 2.37. The first-order valence-corrected chi connectivity index (χ1v) is 6.90. The van der Waals surface area contributed by atoms with E-state index < -0.39 is 11.4 Å². The zero-order chi connectivity index (χ0) is 14.8. The van der Waals surface area contributed by atoms with Gasteiger partial charge in [0.1, 0.15) is 5.75 Å². The Hall–Kier alpha value is -1.62. The summed E-state index contributed by atoms with van der Waals surface area (Å²) in [5.74, 6) is 0.0856. The van der Waals surface area contributed by atoms with Crippen LogP contribution in [0.15, 0.2) is 12.1 Å². The molecule has 110 valence electrons. The Kier molecular flexibility index (Phi) is 4.28. The van der Waals surface area contributed by atoms with Gasteiger partial charge in [-0.25, -0.2) is 0 Å². The van der Waals surface area contributed by atoms with E-state index in [9.17, 15) is 9.90 Å². The molecule has 5 heteroatoms. The Balaban J connectivity index is 2.10. The molecule has 1 aromatic rings. The Morgan fingerprint density at radius 3 is 2.95 bits per heavy atom. The first-order chi connectivity index (χ1) is 9.43. The number of carboxylic acids is 1. The van der Waals surface area contributed by atoms with Gasteiger partial charge < -0.3 is 9.84 Å². The zero-order valence-corrected chi connectivity index (χ0v) is 12.3. The molecule has 1 atom stereocenters. The number of carboxylic acid groups (broad SMARTS) is 1. The van der Waals surface area contributed by atoms with Crippen molar-refractivity contribution in [2.24, 2.45) is 5.41 Å². The molecule has 1 aliphatic heterocycles. The van der Waals surface area contributed by atoms with Gasteiger partial charge in [-0.3, -0.25) is 14.7 Å². The van der Waals surface area contributed by atoms with Crippen molar-refractivity contribution in [2.45, 2.75) is 33.2 Å². The highest BCUT2D eigenvalue weighted by Gasteiger charge is 2.37. The maximum atomic E-state index is 11.4. The lowest BCUT2D eigenvalue weighted by Crippen LogP contribution is -2.45. The van der Waals surface area contributed by atoms with Crippen molar-refractivity contribution < 1.29 is 14.6 Å². The number of rotatable bonds is 4. The van der Waals surface area contributed by atoms with Crippen LogP contribution in [0.3, 0.4) is 0 Å². The highest BCUT2D eigenvalue weighted by atomic mass is 16.5. The number of piperidine rings is 1. The minimum absolute atomic E-state index is 0.570. The first-order valence-electron chi connectivity index (χ1n) is 6.90. The lowest BCUT2D eigenvalue weighted by atomic mass is 9.82. The van der Waals surface area contributed by atoms with Gasteiger partial charge in [-0.05, 0) is 33.2 Å². The summed E-state index contributed by atoms with van der Waals surface area (Å²) in [6.45, 7) is 5.91. The van der Waals surface area contributed by atoms with Crippen molar-refractivity contribution in [3.63, 3.8) is 0 Å². The summed E-state index contributed by atoms with van der Waals surface area (Å²) in [7, 11) is 1.64. The van der Waals surface area contributed by atoms with Crippen molar-refractivity contribution in [3.05, 3.63) is 23.5 Å². The molecule has 2 rings (SSSR count). The van der Waals surface area contributed by atoms with E-state index in [4.69, 9.17) is 4.74 Å². The van der Waals surface area contributed by atoms with Crippen LogP contribution in [0, 0.1) is 12.3 Å². The average molecular weight is 278 g/mol. The second kappa shape index (κ2) is 5.79. The number of likely N-dealkylation sites (tertiary alicyclic amines) is 1. The number of pyridine rings is 1. The maximum Gasteiger partial charge on any atom is 0.310 e. The third-order valence-corrected chi connectivity index (χ3v) is 3.89. The highest BCUT2D eigenvalue weighted by Crippen LogP contribution is 2.30. The van der Waals surface area contributed by atoms with Crippen molar-refractivity contribution in [1.82, 2.24) is 9.88 Å². The molecule has 1 fully saturated rings. The maximum absolute atomic E-state index is 11.4. The summed E-state index contributed by atoms with van der Waals surface area (Å²) in [5.41, 5.74) is 1.19. The Labute approximate surface area is 119 Å². The minimum Gasteiger partial charge on any atom is -0.497 e. The van der Waals surface area contributed by atoms with Crippen LogP contribution in [-0.2, 0) is 11.3 Å². The molecule has 0 radical (unpaired) electrons. The third-order valence-electron chi connectivity index (χ3n) is 3.89. The molecule has 20 heavy (non-hydrogen) atoms. The summed E-state index contributed by atoms with van der Waals surface area (Å²) in [5, 5.41) is 9.35. The van der Waals surface area contributed by atoms with Crippen molar-refractivity contribution in [3.8, 4) is 5.75 Å². The van der Waals surface area contributed by atoms with E-state index in [0.29, 0.717) is 13.1 Å². The number of aromatic nitrogens is 1. The van der Waals surface area contributed by atoms with Gasteiger partial charge in [-0.1, -0.05) is 0 Å². The lowest BCUT2D eigenvalue weighted by molar-refractivity contribution is -0.151. The first kappa shape index (κ1) is 14.8. The van der Waals surface area contributed by atoms with Crippen molar-refractivity contribution >= 4 is 5.97 Å². The second-order valence-corrected chi connectivity index (χ2v) is 5.82. The minimum atomic E-state index is -0.711. The van der Waals surface area contributed by atoms with Gasteiger partial charge in [-0.2, -0.15) is 0 Å². The predicted molar refractivity (Wildman–Crippen MR) is 75.8 cm³/mol. The largest absolute Gasteiger partial charge is 0.497 e. The van der Waals surface area contributed by atoms with Crippen LogP contribution >= 0.6 is 0 Å². The van der Waals surface area contributed by atoms with E-state index in [0.717, 1.165) is 36.5 Å². The van der Waals surface area contributed by atoms with Gasteiger partial charge in [0, 0.05) is 30.9 Å². The smallest absolute Gasteiger partial charge is 0.310 e. The zero-order valence-electron chi connectivity index (χ0n) is 12.3. The molecule has 0 spiro atoms. The van der Waals surface area contributed by atoms with Crippen molar-refractivity contribution in [1.29, 1.82) is 0 Å². The number of hydrogen-bond donors (Lipinski definition) is 1. The SMILES string of the molecule is COc1cc(C)nc(CN2CCCC(C)(C(=O)O)C2)c1. The summed E-state index contributed by atoms with van der Waals surface area (Å²) >= 11 is 0. The molecule has 1 saturated heterocycles. The van der Waals surface area contributed by atoms with Gasteiger partial charge in [0.25, 0.3) is 0 Å². The van der Waals surface area contributed by atoms with Crippen LogP contribution in [0.2, 0.25) is 0 Å². The van der Waals surface area contributed by atoms with Crippen LogP contribution in [-0.4, -0.2) is 41.2 Å². The van der Waals surface area contributed by atoms with Gasteiger partial charge in [0.15, 0.2) is 0 Å². The molecule has 1 N–H and O–H groups in total. The van der Waals surface area contributed by atoms with Crippen molar-refractivity contribution in [2.75, 3.05) is 20.2 Å². The van der Waals surface area contributed by atoms with Crippen LogP contribution in [0.25, 0.3) is 0 Å². The standard InChI is InChI=1S/C15H22N2O3/c1-11-7-13(20-3)8-12(16-11)9-17-6-4-5-15(2,10-17)14(18)19/h7-8H,4-6,9-10H2,1-3H3,(H,18,19). The van der Waals surface area contributed by atoms with Crippen LogP contribution in [0.4, 0.5) is 0 Å². The normalized spacial score (nSPS) is 23.6. The summed E-state index contributed by atoms with van der Waals surface area (Å²) in [6, 6.07) is 3.81. The molecular formula is C15H22N2O3. The number of hydrogen-bond acceptors (Lipinski definition) is 4. The van der Waals surface area contributed by atoms with E-state index >= 15 is 0 Å². The number of ether oxygens (including phenoxy) is 1. The Bertz CT molecular complexity index is 504. The molecule has 2 heterocycles. The second-order valence-electron chi connectivity index (χ2n) is 5.82. The Morgan fingerprint density at radius 2 is 2.30 bits per heavy atom. The van der Waals surface area contributed by atoms with Crippen LogP contribution < -0.4 is 4.74 Å². The van der Waals surface area contributed by atoms with Gasteiger partial charge in [0.2, 0.25) is 0 Å². The molecule has 0 aromatic carbocycles. The quantitative estimate of drug-likeness (QED) is 0.913. The van der Waals surface area contributed by atoms with E-state index in [1.807, 2.05) is 26.0 Å². The van der Waals surface area contributed by atoms with Gasteiger partial charge in [-0.15, -0.1) is 0 Å². The predicted octanol–water partition coefficient (Wildman–Crippen LogP) is 2.09. The van der Waals surface area contributed by atoms with E-state index in [1.54, 1.807) is 7.11 Å². The van der Waals surface area contributed by atoms with Crippen LogP contribution in [0.5, 0.6) is 5.75 Å². The molecule has 0 aliphatic carbocycles. The number of aryl methyl sites for hydroxylation is 1. The molecule has 0 amide bonds. The number of methoxy groups -OCH3 is 1. The molecule has 0 saturated carbocycles. The molecule has 0 bridgehead atoms. The molecular weight excluding hydrogens is 256 g/mol. The molecule has 5 nitrogen and oxygen atoms in total. The third kappa shape index (κ3) is 3.28. The summed E-state index contributed by atoms with van der Waals surface area (Å²) in [4.78, 5) is 18.0. The molecule has 1 aromatic heterocycles. The van der Waals surface area contributed by atoms with Gasteiger partial charge in [0.05, 0.1) is 18.2 Å². The van der Waals surface area contributed by atoms with E-state index in [2.05, 4.69) is 9.88 Å². The fourth-order valence-electron chi connectivity index (χ4n) is 2.78. The van der Waals surface area contributed by atoms with E-state index in [1.165, 1.54) is 0 Å². The van der Waals surface area contributed by atoms with Crippen LogP contribution in [0.1, 0.15) is 31.2 Å². The summed E-state index contributed by atoms with van der Waals surface area (Å²) in [6.07, 6.45) is 1.65. The van der Waals surface area contributed by atoms with E-state index in [-0.39, 0.29) is 0 Å². The monoisotopic (exact) mass is 278 g/mol. The summed E-state index contributed by atoms with van der Waals surface area (Å²) < 4.78 is 5.25. The Morgan fingerprint density at radius 1 is 1.55 bits per heavy atom. The number of nitrogens with zero attached hydrogens (tertiary/aromatic N) is 2. The number of aliphatic carboxylic acids is 1. The highest BCUT2D eigenvalue weighted by molar-refractivity contribution is 5.74. The fourth-order valence-corrected chi connectivity index (χ4v) is 2.78. The number of carbonyl (C=O) groups is 1. The topological polar surface area (TPSA) is 62.7 Å². The van der Waals surface area contributed by atoms with Gasteiger partial charge >= 0.3 is 5.97 Å². The molecule has 1 unspecified atom stereocenters.